The Morgan fingerprint density at radius 3 is 2.62 bits per heavy atom. The fraction of sp³-hybridized carbons (Fsp3) is 0.312. The van der Waals surface area contributed by atoms with E-state index in [0.29, 0.717) is 5.95 Å². The second kappa shape index (κ2) is 4.84. The Kier molecular flexibility index (Phi) is 2.84. The second-order valence-corrected chi connectivity index (χ2v) is 5.53. The first-order valence-electron chi connectivity index (χ1n) is 7.34. The molecule has 1 aliphatic rings. The van der Waals surface area contributed by atoms with Gasteiger partial charge in [-0.25, -0.2) is 4.98 Å². The van der Waals surface area contributed by atoms with Crippen LogP contribution in [0.1, 0.15) is 30.7 Å². The van der Waals surface area contributed by atoms with Gasteiger partial charge in [-0.2, -0.15) is 10.1 Å². The van der Waals surface area contributed by atoms with Crippen LogP contribution in [0.2, 0.25) is 0 Å². The highest BCUT2D eigenvalue weighted by molar-refractivity contribution is 5.90. The maximum absolute atomic E-state index is 4.59. The van der Waals surface area contributed by atoms with Gasteiger partial charge in [0, 0.05) is 12.6 Å². The van der Waals surface area contributed by atoms with Crippen LogP contribution in [0.3, 0.4) is 0 Å². The van der Waals surface area contributed by atoms with E-state index in [4.69, 9.17) is 0 Å². The summed E-state index contributed by atoms with van der Waals surface area (Å²) >= 11 is 0. The minimum Gasteiger partial charge on any atom is -0.357 e. The van der Waals surface area contributed by atoms with Gasteiger partial charge in [-0.1, -0.05) is 30.7 Å². The van der Waals surface area contributed by atoms with Crippen molar-refractivity contribution >= 4 is 17.0 Å². The number of nitrogens with one attached hydrogen (secondary N) is 2. The summed E-state index contributed by atoms with van der Waals surface area (Å²) in [4.78, 5) is 8.96. The first-order valence-corrected chi connectivity index (χ1v) is 7.34. The van der Waals surface area contributed by atoms with Gasteiger partial charge < -0.3 is 5.32 Å². The van der Waals surface area contributed by atoms with Gasteiger partial charge in [-0.15, -0.1) is 0 Å². The van der Waals surface area contributed by atoms with E-state index >= 15 is 0 Å². The number of fused-ring (bicyclic) bond motifs is 1. The average Bonchev–Trinajstić information content (AvgIpc) is 2.93. The van der Waals surface area contributed by atoms with Crippen molar-refractivity contribution in [3.05, 3.63) is 36.0 Å². The van der Waals surface area contributed by atoms with Gasteiger partial charge in [-0.05, 0) is 24.3 Å². The summed E-state index contributed by atoms with van der Waals surface area (Å²) in [6.07, 6.45) is 5.79. The molecule has 1 aliphatic carbocycles. The molecule has 5 heteroatoms. The van der Waals surface area contributed by atoms with Crippen molar-refractivity contribution in [2.24, 2.45) is 0 Å². The maximum atomic E-state index is 4.59. The number of hydrogen-bond acceptors (Lipinski definition) is 4. The molecule has 106 valence electrons. The average molecular weight is 279 g/mol. The molecule has 2 aromatic heterocycles. The first kappa shape index (κ1) is 12.3. The normalized spacial score (nSPS) is 15.1. The van der Waals surface area contributed by atoms with E-state index in [-0.39, 0.29) is 0 Å². The molecule has 0 spiro atoms. The van der Waals surface area contributed by atoms with Gasteiger partial charge in [0.15, 0.2) is 5.65 Å². The summed E-state index contributed by atoms with van der Waals surface area (Å²) in [5.41, 5.74) is 4.21. The minimum atomic E-state index is 0.602. The molecular formula is C16H17N5. The third-order valence-corrected chi connectivity index (χ3v) is 4.29. The van der Waals surface area contributed by atoms with E-state index in [1.54, 1.807) is 6.20 Å². The zero-order valence-electron chi connectivity index (χ0n) is 11.9. The summed E-state index contributed by atoms with van der Waals surface area (Å²) in [5.74, 6) is 1.36. The summed E-state index contributed by atoms with van der Waals surface area (Å²) in [6, 6.07) is 8.77. The molecular weight excluding hydrogens is 262 g/mol. The van der Waals surface area contributed by atoms with Crippen LogP contribution in [0.5, 0.6) is 0 Å². The van der Waals surface area contributed by atoms with Gasteiger partial charge in [0.1, 0.15) is 0 Å². The molecule has 4 rings (SSSR count). The summed E-state index contributed by atoms with van der Waals surface area (Å²) in [7, 11) is 1.82. The molecule has 2 heterocycles. The van der Waals surface area contributed by atoms with Crippen molar-refractivity contribution in [3.63, 3.8) is 0 Å². The fourth-order valence-corrected chi connectivity index (χ4v) is 2.82. The Hall–Kier alpha value is -2.43. The predicted octanol–water partition coefficient (Wildman–Crippen LogP) is 3.33. The number of H-pyrrole nitrogens is 1. The number of hydrogen-bond donors (Lipinski definition) is 2. The molecule has 1 fully saturated rings. The number of aromatic nitrogens is 4. The second-order valence-electron chi connectivity index (χ2n) is 5.53. The molecule has 1 aromatic carbocycles. The molecule has 0 saturated heterocycles. The van der Waals surface area contributed by atoms with Crippen molar-refractivity contribution in [2.45, 2.75) is 25.2 Å². The Balaban J connectivity index is 1.79. The lowest BCUT2D eigenvalue weighted by atomic mass is 9.80. The van der Waals surface area contributed by atoms with Gasteiger partial charge in [0.2, 0.25) is 5.95 Å². The zero-order chi connectivity index (χ0) is 14.2. The molecule has 5 nitrogen and oxygen atoms in total. The standard InChI is InChI=1S/C16H17N5/c1-17-16-19-14(13-9-18-21-15(13)20-16)12-7-5-11(6-8-12)10-3-2-4-10/h5-10H,2-4H2,1H3,(H2,17,18,19,20,21). The first-order chi connectivity index (χ1) is 10.3. The molecule has 3 aromatic rings. The number of benzene rings is 1. The number of rotatable bonds is 3. The highest BCUT2D eigenvalue weighted by atomic mass is 15.2. The van der Waals surface area contributed by atoms with Crippen LogP contribution in [0, 0.1) is 0 Å². The van der Waals surface area contributed by atoms with E-state index in [0.717, 1.165) is 28.2 Å². The lowest BCUT2D eigenvalue weighted by Crippen LogP contribution is -2.08. The van der Waals surface area contributed by atoms with E-state index in [1.807, 2.05) is 7.05 Å². The van der Waals surface area contributed by atoms with Crippen LogP contribution < -0.4 is 5.32 Å². The quantitative estimate of drug-likeness (QED) is 0.771. The third kappa shape index (κ3) is 2.05. The minimum absolute atomic E-state index is 0.602. The summed E-state index contributed by atoms with van der Waals surface area (Å²) < 4.78 is 0. The van der Waals surface area contributed by atoms with Gasteiger partial charge in [0.05, 0.1) is 17.3 Å². The maximum Gasteiger partial charge on any atom is 0.225 e. The predicted molar refractivity (Wildman–Crippen MR) is 83.3 cm³/mol. The molecule has 0 amide bonds. The van der Waals surface area contributed by atoms with E-state index in [1.165, 1.54) is 24.8 Å². The molecule has 2 N–H and O–H groups in total. The largest absolute Gasteiger partial charge is 0.357 e. The van der Waals surface area contributed by atoms with Crippen LogP contribution in [-0.2, 0) is 0 Å². The Bertz CT molecular complexity index is 771. The SMILES string of the molecule is CNc1nc(-c2ccc(C3CCC3)cc2)c2cn[nH]c2n1. The topological polar surface area (TPSA) is 66.5 Å². The van der Waals surface area contributed by atoms with Crippen LogP contribution in [0.25, 0.3) is 22.3 Å². The van der Waals surface area contributed by atoms with E-state index in [2.05, 4.69) is 49.7 Å². The van der Waals surface area contributed by atoms with Crippen molar-refractivity contribution < 1.29 is 0 Å². The van der Waals surface area contributed by atoms with Gasteiger partial charge >= 0.3 is 0 Å². The van der Waals surface area contributed by atoms with Crippen LogP contribution >= 0.6 is 0 Å². The summed E-state index contributed by atoms with van der Waals surface area (Å²) in [6.45, 7) is 0. The summed E-state index contributed by atoms with van der Waals surface area (Å²) in [5, 5.41) is 10.9. The van der Waals surface area contributed by atoms with Crippen molar-refractivity contribution in [3.8, 4) is 11.3 Å². The lowest BCUT2D eigenvalue weighted by Gasteiger charge is -2.25. The zero-order valence-corrected chi connectivity index (χ0v) is 11.9. The van der Waals surface area contributed by atoms with Crippen LogP contribution in [0.15, 0.2) is 30.5 Å². The Morgan fingerprint density at radius 1 is 1.14 bits per heavy atom. The van der Waals surface area contributed by atoms with Gasteiger partial charge in [0.25, 0.3) is 0 Å². The Labute approximate surface area is 122 Å². The molecule has 0 radical (unpaired) electrons. The fourth-order valence-electron chi connectivity index (χ4n) is 2.82. The van der Waals surface area contributed by atoms with Crippen LogP contribution in [-0.4, -0.2) is 27.2 Å². The monoisotopic (exact) mass is 279 g/mol. The van der Waals surface area contributed by atoms with Crippen molar-refractivity contribution in [1.29, 1.82) is 0 Å². The molecule has 0 unspecified atom stereocenters. The van der Waals surface area contributed by atoms with Crippen molar-refractivity contribution in [2.75, 3.05) is 12.4 Å². The van der Waals surface area contributed by atoms with Crippen LogP contribution in [0.4, 0.5) is 5.95 Å². The molecule has 0 atom stereocenters. The lowest BCUT2D eigenvalue weighted by molar-refractivity contribution is 0.420. The molecule has 1 saturated carbocycles. The highest BCUT2D eigenvalue weighted by Gasteiger charge is 2.19. The van der Waals surface area contributed by atoms with Gasteiger partial charge in [-0.3, -0.25) is 5.10 Å². The number of aromatic amines is 1. The number of anilines is 1. The Morgan fingerprint density at radius 2 is 1.95 bits per heavy atom. The van der Waals surface area contributed by atoms with Crippen molar-refractivity contribution in [1.82, 2.24) is 20.2 Å². The molecule has 0 bridgehead atoms. The number of nitrogens with zero attached hydrogens (tertiary/aromatic N) is 3. The van der Waals surface area contributed by atoms with E-state index < -0.39 is 0 Å². The smallest absolute Gasteiger partial charge is 0.225 e. The molecule has 21 heavy (non-hydrogen) atoms. The highest BCUT2D eigenvalue weighted by Crippen LogP contribution is 2.37. The van der Waals surface area contributed by atoms with E-state index in [9.17, 15) is 0 Å². The molecule has 0 aliphatic heterocycles. The third-order valence-electron chi connectivity index (χ3n) is 4.29.